The van der Waals surface area contributed by atoms with E-state index in [0.29, 0.717) is 6.54 Å². The molecule has 114 valence electrons. The van der Waals surface area contributed by atoms with Crippen molar-refractivity contribution in [2.24, 2.45) is 0 Å². The van der Waals surface area contributed by atoms with E-state index in [2.05, 4.69) is 15.5 Å². The number of carbonyl (C=O) groups is 1. The van der Waals surface area contributed by atoms with Gasteiger partial charge in [0.05, 0.1) is 0 Å². The average Bonchev–Trinajstić information content (AvgIpc) is 2.49. The highest BCUT2D eigenvalue weighted by atomic mass is 16.2. The first-order valence-electron chi connectivity index (χ1n) is 7.39. The summed E-state index contributed by atoms with van der Waals surface area (Å²) in [6, 6.07) is 9.22. The summed E-state index contributed by atoms with van der Waals surface area (Å²) in [6.07, 6.45) is 0. The zero-order valence-corrected chi connectivity index (χ0v) is 12.5. The van der Waals surface area contributed by atoms with E-state index in [4.69, 9.17) is 0 Å². The molecule has 0 aromatic heterocycles. The molecule has 21 heavy (non-hydrogen) atoms. The van der Waals surface area contributed by atoms with Crippen molar-refractivity contribution in [2.75, 3.05) is 44.6 Å². The third-order valence-corrected chi connectivity index (χ3v) is 3.68. The molecule has 2 amide bonds. The summed E-state index contributed by atoms with van der Waals surface area (Å²) in [5.41, 5.74) is 0.792. The second-order valence-electron chi connectivity index (χ2n) is 5.26. The van der Waals surface area contributed by atoms with Crippen molar-refractivity contribution in [1.29, 1.82) is 0 Å². The molecule has 1 fully saturated rings. The molecule has 0 bridgehead atoms. The van der Waals surface area contributed by atoms with E-state index in [1.54, 1.807) is 6.82 Å². The van der Waals surface area contributed by atoms with Crippen LogP contribution in [0.5, 0.6) is 0 Å². The van der Waals surface area contributed by atoms with Crippen molar-refractivity contribution < 1.29 is 9.82 Å². The van der Waals surface area contributed by atoms with Crippen LogP contribution in [0, 0.1) is 0 Å². The molecule has 0 aliphatic carbocycles. The molecule has 3 N–H and O–H groups in total. The largest absolute Gasteiger partial charge is 0.437 e. The maximum atomic E-state index is 11.7. The minimum Gasteiger partial charge on any atom is -0.437 e. The van der Waals surface area contributed by atoms with Gasteiger partial charge in [-0.05, 0) is 19.0 Å². The lowest BCUT2D eigenvalue weighted by atomic mass is 9.84. The van der Waals surface area contributed by atoms with Crippen LogP contribution >= 0.6 is 0 Å². The van der Waals surface area contributed by atoms with Gasteiger partial charge in [0.25, 0.3) is 0 Å². The Morgan fingerprint density at radius 2 is 1.90 bits per heavy atom. The number of para-hydroxylation sites is 1. The van der Waals surface area contributed by atoms with E-state index in [1.165, 1.54) is 0 Å². The summed E-state index contributed by atoms with van der Waals surface area (Å²) in [5, 5.41) is 15.1. The number of nitrogens with zero attached hydrogens (tertiary/aromatic N) is 2. The SMILES string of the molecule is CB(O)N1CCN(CCNC(=O)Nc2ccccc2)CC1. The number of benzene rings is 1. The van der Waals surface area contributed by atoms with Gasteiger partial charge in [0.15, 0.2) is 0 Å². The quantitative estimate of drug-likeness (QED) is 0.692. The van der Waals surface area contributed by atoms with Gasteiger partial charge in [-0.2, -0.15) is 0 Å². The predicted molar refractivity (Wildman–Crippen MR) is 85.3 cm³/mol. The number of piperazine rings is 1. The molecule has 0 spiro atoms. The molecule has 6 nitrogen and oxygen atoms in total. The van der Waals surface area contributed by atoms with Crippen LogP contribution in [0.2, 0.25) is 6.82 Å². The first-order valence-corrected chi connectivity index (χ1v) is 7.39. The van der Waals surface area contributed by atoms with Crippen molar-refractivity contribution in [3.8, 4) is 0 Å². The van der Waals surface area contributed by atoms with Gasteiger partial charge in [-0.3, -0.25) is 4.90 Å². The van der Waals surface area contributed by atoms with Gasteiger partial charge in [0.1, 0.15) is 0 Å². The number of anilines is 1. The third-order valence-electron chi connectivity index (χ3n) is 3.68. The van der Waals surface area contributed by atoms with Gasteiger partial charge < -0.3 is 20.5 Å². The van der Waals surface area contributed by atoms with Gasteiger partial charge in [0.2, 0.25) is 0 Å². The second-order valence-corrected chi connectivity index (χ2v) is 5.26. The lowest BCUT2D eigenvalue weighted by Gasteiger charge is -2.35. The molecule has 1 aliphatic rings. The molecule has 0 atom stereocenters. The van der Waals surface area contributed by atoms with Crippen LogP contribution in [0.4, 0.5) is 10.5 Å². The highest BCUT2D eigenvalue weighted by molar-refractivity contribution is 6.45. The Kier molecular flexibility index (Phi) is 6.04. The highest BCUT2D eigenvalue weighted by Crippen LogP contribution is 2.04. The molecule has 7 heteroatoms. The van der Waals surface area contributed by atoms with Gasteiger partial charge in [-0.25, -0.2) is 4.79 Å². The van der Waals surface area contributed by atoms with Gasteiger partial charge in [-0.1, -0.05) is 18.2 Å². The Morgan fingerprint density at radius 1 is 1.24 bits per heavy atom. The number of rotatable bonds is 5. The number of hydrogen-bond donors (Lipinski definition) is 3. The molecule has 0 saturated carbocycles. The van der Waals surface area contributed by atoms with Crippen LogP contribution in [-0.2, 0) is 0 Å². The smallest absolute Gasteiger partial charge is 0.376 e. The first kappa shape index (κ1) is 15.8. The minimum absolute atomic E-state index is 0.177. The fraction of sp³-hybridized carbons (Fsp3) is 0.500. The molecular weight excluding hydrogens is 267 g/mol. The topological polar surface area (TPSA) is 67.8 Å². The zero-order chi connectivity index (χ0) is 15.1. The maximum Gasteiger partial charge on any atom is 0.376 e. The van der Waals surface area contributed by atoms with E-state index in [0.717, 1.165) is 38.4 Å². The molecule has 1 aromatic carbocycles. The summed E-state index contributed by atoms with van der Waals surface area (Å²) in [4.78, 5) is 16.1. The van der Waals surface area contributed by atoms with E-state index < -0.39 is 0 Å². The second kappa shape index (κ2) is 8.02. The molecular formula is C14H23BN4O2. The highest BCUT2D eigenvalue weighted by Gasteiger charge is 2.21. The van der Waals surface area contributed by atoms with Crippen molar-refractivity contribution in [3.63, 3.8) is 0 Å². The number of carbonyl (C=O) groups excluding carboxylic acids is 1. The fourth-order valence-corrected chi connectivity index (χ4v) is 2.38. The Hall–Kier alpha value is -1.57. The van der Waals surface area contributed by atoms with E-state index >= 15 is 0 Å². The Bertz CT molecular complexity index is 436. The van der Waals surface area contributed by atoms with Gasteiger partial charge >= 0.3 is 13.1 Å². The van der Waals surface area contributed by atoms with Crippen LogP contribution < -0.4 is 10.6 Å². The van der Waals surface area contributed by atoms with Crippen LogP contribution in [0.15, 0.2) is 30.3 Å². The van der Waals surface area contributed by atoms with Crippen LogP contribution in [0.3, 0.4) is 0 Å². The molecule has 1 aliphatic heterocycles. The van der Waals surface area contributed by atoms with E-state index in [-0.39, 0.29) is 13.1 Å². The normalized spacial score (nSPS) is 16.5. The zero-order valence-electron chi connectivity index (χ0n) is 12.5. The van der Waals surface area contributed by atoms with Crippen molar-refractivity contribution in [3.05, 3.63) is 30.3 Å². The summed E-state index contributed by atoms with van der Waals surface area (Å²) in [5.74, 6) is 0. The van der Waals surface area contributed by atoms with Gasteiger partial charge in [-0.15, -0.1) is 0 Å². The summed E-state index contributed by atoms with van der Waals surface area (Å²) >= 11 is 0. The van der Waals surface area contributed by atoms with E-state index in [9.17, 15) is 9.82 Å². The average molecular weight is 290 g/mol. The standard InChI is InChI=1S/C14H23BN4O2/c1-15(21)19-11-9-18(10-12-19)8-7-16-14(20)17-13-5-3-2-4-6-13/h2-6,21H,7-12H2,1H3,(H2,16,17,20). The molecule has 1 heterocycles. The summed E-state index contributed by atoms with van der Waals surface area (Å²) in [7, 11) is -0.373. The number of amides is 2. The lowest BCUT2D eigenvalue weighted by molar-refractivity contribution is 0.177. The minimum atomic E-state index is -0.373. The molecule has 0 unspecified atom stereocenters. The van der Waals surface area contributed by atoms with Crippen molar-refractivity contribution >= 4 is 18.8 Å². The predicted octanol–water partition coefficient (Wildman–Crippen LogP) is 0.536. The lowest BCUT2D eigenvalue weighted by Crippen LogP contribution is -2.52. The Morgan fingerprint density at radius 3 is 2.52 bits per heavy atom. The van der Waals surface area contributed by atoms with Crippen molar-refractivity contribution in [1.82, 2.24) is 15.0 Å². The maximum absolute atomic E-state index is 11.7. The third kappa shape index (κ3) is 5.38. The Labute approximate surface area is 126 Å². The molecule has 2 rings (SSSR count). The van der Waals surface area contributed by atoms with Crippen LogP contribution in [0.1, 0.15) is 0 Å². The van der Waals surface area contributed by atoms with Gasteiger partial charge in [0, 0.05) is 45.0 Å². The van der Waals surface area contributed by atoms with Crippen molar-refractivity contribution in [2.45, 2.75) is 6.82 Å². The summed E-state index contributed by atoms with van der Waals surface area (Å²) in [6.45, 7) is 6.83. The Balaban J connectivity index is 1.61. The van der Waals surface area contributed by atoms with E-state index in [1.807, 2.05) is 35.1 Å². The monoisotopic (exact) mass is 290 g/mol. The molecule has 0 radical (unpaired) electrons. The molecule has 1 saturated heterocycles. The molecule has 1 aromatic rings. The number of nitrogens with one attached hydrogen (secondary N) is 2. The number of urea groups is 1. The van der Waals surface area contributed by atoms with Crippen LogP contribution in [0.25, 0.3) is 0 Å². The first-order chi connectivity index (χ1) is 10.1. The van der Waals surface area contributed by atoms with Crippen LogP contribution in [-0.4, -0.2) is 67.1 Å². The fourth-order valence-electron chi connectivity index (χ4n) is 2.38. The number of hydrogen-bond acceptors (Lipinski definition) is 4. The summed E-state index contributed by atoms with van der Waals surface area (Å²) < 4.78 is 0.